The average Bonchev–Trinajstić information content (AvgIpc) is 2.89. The minimum absolute atomic E-state index is 0.221. The molecule has 1 fully saturated rings. The fourth-order valence-electron chi connectivity index (χ4n) is 2.91. The minimum atomic E-state index is -0.572. The van der Waals surface area contributed by atoms with E-state index in [4.69, 9.17) is 16.3 Å². The number of cyclic esters (lactones) is 1. The van der Waals surface area contributed by atoms with Crippen molar-refractivity contribution in [2.45, 2.75) is 31.9 Å². The highest BCUT2D eigenvalue weighted by atomic mass is 35.5. The van der Waals surface area contributed by atoms with E-state index in [9.17, 15) is 9.59 Å². The zero-order chi connectivity index (χ0) is 17.1. The summed E-state index contributed by atoms with van der Waals surface area (Å²) in [6, 6.07) is 16.5. The molecule has 3 rings (SSSR count). The molecule has 2 amide bonds. The van der Waals surface area contributed by atoms with E-state index in [2.05, 4.69) is 0 Å². The number of rotatable bonds is 4. The lowest BCUT2D eigenvalue weighted by molar-refractivity contribution is -0.129. The van der Waals surface area contributed by atoms with Gasteiger partial charge in [0.2, 0.25) is 5.91 Å². The summed E-state index contributed by atoms with van der Waals surface area (Å²) in [5, 5.41) is 0.660. The summed E-state index contributed by atoms with van der Waals surface area (Å²) in [6.45, 7) is 1.84. The number of nitrogens with zero attached hydrogens (tertiary/aromatic N) is 1. The number of aryl methyl sites for hydroxylation is 1. The Bertz CT molecular complexity index is 730. The van der Waals surface area contributed by atoms with E-state index in [1.807, 2.05) is 49.4 Å². The molecule has 124 valence electrons. The van der Waals surface area contributed by atoms with Crippen molar-refractivity contribution in [2.75, 3.05) is 0 Å². The van der Waals surface area contributed by atoms with E-state index in [1.54, 1.807) is 12.1 Å². The molecule has 4 nitrogen and oxygen atoms in total. The average molecular weight is 344 g/mol. The zero-order valence-electron chi connectivity index (χ0n) is 13.3. The molecule has 5 heteroatoms. The van der Waals surface area contributed by atoms with Crippen molar-refractivity contribution in [3.05, 3.63) is 70.7 Å². The van der Waals surface area contributed by atoms with Crippen molar-refractivity contribution in [3.63, 3.8) is 0 Å². The summed E-state index contributed by atoms with van der Waals surface area (Å²) < 4.78 is 5.41. The molecule has 24 heavy (non-hydrogen) atoms. The normalized spacial score (nSPS) is 20.1. The van der Waals surface area contributed by atoms with Gasteiger partial charge >= 0.3 is 6.09 Å². The maximum atomic E-state index is 12.5. The fourth-order valence-corrected chi connectivity index (χ4v) is 3.03. The Labute approximate surface area is 146 Å². The number of hydrogen-bond acceptors (Lipinski definition) is 3. The smallest absolute Gasteiger partial charge is 0.417 e. The van der Waals surface area contributed by atoms with Crippen molar-refractivity contribution in [3.8, 4) is 0 Å². The molecular weight excluding hydrogens is 326 g/mol. The predicted molar refractivity (Wildman–Crippen MR) is 91.7 cm³/mol. The Balaban J connectivity index is 1.66. The SMILES string of the molecule is CC1C(c2ccccc2)OC(=O)N1C(=O)CCc1ccc(Cl)cc1. The lowest BCUT2D eigenvalue weighted by Gasteiger charge is -2.19. The van der Waals surface area contributed by atoms with Crippen molar-refractivity contribution < 1.29 is 14.3 Å². The molecule has 0 radical (unpaired) electrons. The Morgan fingerprint density at radius 1 is 1.12 bits per heavy atom. The van der Waals surface area contributed by atoms with E-state index in [0.29, 0.717) is 11.4 Å². The van der Waals surface area contributed by atoms with Gasteiger partial charge in [-0.15, -0.1) is 0 Å². The first kappa shape index (κ1) is 16.5. The van der Waals surface area contributed by atoms with E-state index < -0.39 is 12.2 Å². The van der Waals surface area contributed by atoms with Crippen LogP contribution in [0.25, 0.3) is 0 Å². The predicted octanol–water partition coefficient (Wildman–Crippen LogP) is 4.38. The van der Waals surface area contributed by atoms with E-state index in [0.717, 1.165) is 11.1 Å². The molecule has 0 aromatic heterocycles. The van der Waals surface area contributed by atoms with Crippen LogP contribution in [0, 0.1) is 0 Å². The van der Waals surface area contributed by atoms with E-state index in [1.165, 1.54) is 4.90 Å². The molecule has 1 heterocycles. The summed E-state index contributed by atoms with van der Waals surface area (Å²) in [6.07, 6.45) is -0.180. The van der Waals surface area contributed by atoms with Gasteiger partial charge in [0.25, 0.3) is 0 Å². The van der Waals surface area contributed by atoms with Crippen LogP contribution in [0.2, 0.25) is 5.02 Å². The minimum Gasteiger partial charge on any atom is -0.439 e. The maximum absolute atomic E-state index is 12.5. The second kappa shape index (κ2) is 7.05. The lowest BCUT2D eigenvalue weighted by atomic mass is 10.0. The number of hydrogen-bond donors (Lipinski definition) is 0. The Kier molecular flexibility index (Phi) is 4.86. The number of amides is 2. The van der Waals surface area contributed by atoms with Crippen molar-refractivity contribution in [1.82, 2.24) is 4.90 Å². The third-order valence-electron chi connectivity index (χ3n) is 4.21. The number of ether oxygens (including phenoxy) is 1. The van der Waals surface area contributed by atoms with E-state index in [-0.39, 0.29) is 18.4 Å². The second-order valence-electron chi connectivity index (χ2n) is 5.85. The highest BCUT2D eigenvalue weighted by molar-refractivity contribution is 6.30. The highest BCUT2D eigenvalue weighted by Gasteiger charge is 2.42. The molecule has 0 aliphatic carbocycles. The number of benzene rings is 2. The van der Waals surface area contributed by atoms with Gasteiger partial charge in [0.1, 0.15) is 6.10 Å². The van der Waals surface area contributed by atoms with Crippen LogP contribution in [0.3, 0.4) is 0 Å². The van der Waals surface area contributed by atoms with Crippen molar-refractivity contribution in [2.24, 2.45) is 0 Å². The Morgan fingerprint density at radius 3 is 2.46 bits per heavy atom. The first-order chi connectivity index (χ1) is 11.6. The largest absolute Gasteiger partial charge is 0.439 e. The molecule has 2 atom stereocenters. The summed E-state index contributed by atoms with van der Waals surface area (Å²) in [5.41, 5.74) is 1.90. The first-order valence-electron chi connectivity index (χ1n) is 7.88. The molecule has 0 bridgehead atoms. The monoisotopic (exact) mass is 343 g/mol. The van der Waals surface area contributed by atoms with Crippen LogP contribution >= 0.6 is 11.6 Å². The summed E-state index contributed by atoms with van der Waals surface area (Å²) in [4.78, 5) is 25.8. The van der Waals surface area contributed by atoms with Crippen LogP contribution in [0.4, 0.5) is 4.79 Å². The quantitative estimate of drug-likeness (QED) is 0.827. The third-order valence-corrected chi connectivity index (χ3v) is 4.46. The van der Waals surface area contributed by atoms with Gasteiger partial charge in [0.15, 0.2) is 0 Å². The Morgan fingerprint density at radius 2 is 1.79 bits per heavy atom. The number of halogens is 1. The molecule has 0 saturated carbocycles. The van der Waals surface area contributed by atoms with Gasteiger partial charge in [0, 0.05) is 11.4 Å². The van der Waals surface area contributed by atoms with Gasteiger partial charge in [-0.1, -0.05) is 54.1 Å². The molecule has 1 aliphatic rings. The fraction of sp³-hybridized carbons (Fsp3) is 0.263. The van der Waals surface area contributed by atoms with Gasteiger partial charge in [-0.2, -0.15) is 0 Å². The number of carbonyl (C=O) groups is 2. The molecule has 0 N–H and O–H groups in total. The first-order valence-corrected chi connectivity index (χ1v) is 8.26. The van der Waals surface area contributed by atoms with Crippen LogP contribution in [0.15, 0.2) is 54.6 Å². The third kappa shape index (κ3) is 3.44. The zero-order valence-corrected chi connectivity index (χ0v) is 14.1. The molecule has 2 aromatic rings. The van der Waals surface area contributed by atoms with Gasteiger partial charge in [-0.3, -0.25) is 4.79 Å². The molecule has 1 saturated heterocycles. The molecular formula is C19H18ClNO3. The molecule has 0 spiro atoms. The van der Waals surface area contributed by atoms with Gasteiger partial charge in [-0.25, -0.2) is 9.69 Å². The van der Waals surface area contributed by atoms with Crippen molar-refractivity contribution >= 4 is 23.6 Å². The highest BCUT2D eigenvalue weighted by Crippen LogP contribution is 2.32. The number of carbonyl (C=O) groups excluding carboxylic acids is 2. The topological polar surface area (TPSA) is 46.6 Å². The van der Waals surface area contributed by atoms with E-state index >= 15 is 0 Å². The van der Waals surface area contributed by atoms with Crippen LogP contribution in [-0.4, -0.2) is 22.9 Å². The summed E-state index contributed by atoms with van der Waals surface area (Å²) in [7, 11) is 0. The van der Waals surface area contributed by atoms with Gasteiger partial charge in [-0.05, 0) is 36.6 Å². The molecule has 1 aliphatic heterocycles. The standard InChI is InChI=1S/C19H18ClNO3/c1-13-18(15-5-3-2-4-6-15)24-19(23)21(13)17(22)12-9-14-7-10-16(20)11-8-14/h2-8,10-11,13,18H,9,12H2,1H3. The van der Waals surface area contributed by atoms with Gasteiger partial charge in [0.05, 0.1) is 6.04 Å². The maximum Gasteiger partial charge on any atom is 0.417 e. The van der Waals surface area contributed by atoms with Crippen LogP contribution in [-0.2, 0) is 16.0 Å². The second-order valence-corrected chi connectivity index (χ2v) is 6.28. The van der Waals surface area contributed by atoms with Crippen LogP contribution in [0.5, 0.6) is 0 Å². The van der Waals surface area contributed by atoms with Crippen LogP contribution in [0.1, 0.15) is 30.6 Å². The molecule has 2 unspecified atom stereocenters. The van der Waals surface area contributed by atoms with Gasteiger partial charge < -0.3 is 4.74 Å². The molecule has 2 aromatic carbocycles. The number of imide groups is 1. The van der Waals surface area contributed by atoms with Crippen molar-refractivity contribution in [1.29, 1.82) is 0 Å². The lowest BCUT2D eigenvalue weighted by Crippen LogP contribution is -2.37. The Hall–Kier alpha value is -2.33. The summed E-state index contributed by atoms with van der Waals surface area (Å²) >= 11 is 5.85. The summed E-state index contributed by atoms with van der Waals surface area (Å²) in [5.74, 6) is -0.221. The van der Waals surface area contributed by atoms with Crippen LogP contribution < -0.4 is 0 Å².